The number of anilines is 1. The fourth-order valence-corrected chi connectivity index (χ4v) is 2.29. The Balaban J connectivity index is 1.86. The molecule has 3 N–H and O–H groups in total. The summed E-state index contributed by atoms with van der Waals surface area (Å²) in [6.45, 7) is 5.83. The van der Waals surface area contributed by atoms with Gasteiger partial charge in [-0.05, 0) is 56.4 Å². The number of benzene rings is 1. The zero-order valence-corrected chi connectivity index (χ0v) is 10.7. The lowest BCUT2D eigenvalue weighted by molar-refractivity contribution is 0.280. The molecule has 3 heteroatoms. The summed E-state index contributed by atoms with van der Waals surface area (Å²) in [7, 11) is 0. The van der Waals surface area contributed by atoms with Crippen molar-refractivity contribution in [2.75, 3.05) is 18.5 Å². The minimum atomic E-state index is 0.434. The summed E-state index contributed by atoms with van der Waals surface area (Å²) >= 11 is 0. The Morgan fingerprint density at radius 1 is 1.41 bits per heavy atom. The second-order valence-corrected chi connectivity index (χ2v) is 4.89. The molecule has 1 aliphatic carbocycles. The maximum atomic E-state index is 5.77. The van der Waals surface area contributed by atoms with Crippen LogP contribution in [0.5, 0.6) is 5.75 Å². The summed E-state index contributed by atoms with van der Waals surface area (Å²) in [5.41, 5.74) is 8.13. The van der Waals surface area contributed by atoms with E-state index in [1.54, 1.807) is 0 Å². The Bertz CT molecular complexity index is 372. The second-order valence-electron chi connectivity index (χ2n) is 4.89. The first-order valence-electron chi connectivity index (χ1n) is 6.42. The largest absolute Gasteiger partial charge is 0.494 e. The predicted octanol–water partition coefficient (Wildman–Crippen LogP) is 2.54. The van der Waals surface area contributed by atoms with Crippen molar-refractivity contribution in [3.8, 4) is 5.75 Å². The normalized spacial score (nSPS) is 23.0. The molecule has 0 bridgehead atoms. The standard InChI is InChI=1S/C14H22N2O/c1-3-17-14-5-4-13(6-10(14)2)16-9-11-7-12(15)8-11/h4-6,11-12,16H,3,7-9,15H2,1-2H3. The molecule has 0 spiro atoms. The zero-order valence-electron chi connectivity index (χ0n) is 10.7. The van der Waals surface area contributed by atoms with Crippen LogP contribution in [0.15, 0.2) is 18.2 Å². The van der Waals surface area contributed by atoms with Crippen molar-refractivity contribution < 1.29 is 4.74 Å². The third kappa shape index (κ3) is 3.13. The summed E-state index contributed by atoms with van der Waals surface area (Å²) in [5.74, 6) is 1.72. The molecule has 2 rings (SSSR count). The van der Waals surface area contributed by atoms with E-state index in [0.717, 1.165) is 31.1 Å². The molecule has 1 aromatic carbocycles. The number of aryl methyl sites for hydroxylation is 1. The Kier molecular flexibility index (Phi) is 3.89. The van der Waals surface area contributed by atoms with Crippen LogP contribution in [0.4, 0.5) is 5.69 Å². The van der Waals surface area contributed by atoms with Gasteiger partial charge < -0.3 is 15.8 Å². The first-order chi connectivity index (χ1) is 8.19. The predicted molar refractivity (Wildman–Crippen MR) is 71.5 cm³/mol. The van der Waals surface area contributed by atoms with Crippen LogP contribution in [-0.4, -0.2) is 19.2 Å². The highest BCUT2D eigenvalue weighted by Crippen LogP contribution is 2.27. The highest BCUT2D eigenvalue weighted by molar-refractivity contribution is 5.50. The van der Waals surface area contributed by atoms with E-state index < -0.39 is 0 Å². The molecule has 0 heterocycles. The highest BCUT2D eigenvalue weighted by Gasteiger charge is 2.25. The van der Waals surface area contributed by atoms with Gasteiger partial charge in [-0.25, -0.2) is 0 Å². The van der Waals surface area contributed by atoms with Crippen LogP contribution in [0.1, 0.15) is 25.3 Å². The average Bonchev–Trinajstić information content (AvgIpc) is 2.26. The van der Waals surface area contributed by atoms with Gasteiger partial charge in [0.1, 0.15) is 5.75 Å². The Morgan fingerprint density at radius 3 is 2.76 bits per heavy atom. The first kappa shape index (κ1) is 12.2. The van der Waals surface area contributed by atoms with Crippen LogP contribution in [0, 0.1) is 12.8 Å². The SMILES string of the molecule is CCOc1ccc(NCC2CC(N)C2)cc1C. The van der Waals surface area contributed by atoms with Gasteiger partial charge >= 0.3 is 0 Å². The van der Waals surface area contributed by atoms with E-state index in [0.29, 0.717) is 12.6 Å². The van der Waals surface area contributed by atoms with E-state index in [1.807, 2.05) is 13.0 Å². The lowest BCUT2D eigenvalue weighted by Gasteiger charge is -2.32. The average molecular weight is 234 g/mol. The summed E-state index contributed by atoms with van der Waals surface area (Å²) in [4.78, 5) is 0. The van der Waals surface area contributed by atoms with E-state index in [-0.39, 0.29) is 0 Å². The van der Waals surface area contributed by atoms with Crippen LogP contribution in [0.2, 0.25) is 0 Å². The third-order valence-electron chi connectivity index (χ3n) is 3.34. The monoisotopic (exact) mass is 234 g/mol. The molecule has 0 saturated heterocycles. The molecular formula is C14H22N2O. The Hall–Kier alpha value is -1.22. The highest BCUT2D eigenvalue weighted by atomic mass is 16.5. The molecule has 17 heavy (non-hydrogen) atoms. The fourth-order valence-electron chi connectivity index (χ4n) is 2.29. The smallest absolute Gasteiger partial charge is 0.122 e. The van der Waals surface area contributed by atoms with Gasteiger partial charge in [0.2, 0.25) is 0 Å². The number of rotatable bonds is 5. The van der Waals surface area contributed by atoms with Crippen molar-refractivity contribution in [3.05, 3.63) is 23.8 Å². The third-order valence-corrected chi connectivity index (χ3v) is 3.34. The number of nitrogens with two attached hydrogens (primary N) is 1. The zero-order chi connectivity index (χ0) is 12.3. The van der Waals surface area contributed by atoms with Crippen LogP contribution >= 0.6 is 0 Å². The van der Waals surface area contributed by atoms with E-state index in [4.69, 9.17) is 10.5 Å². The van der Waals surface area contributed by atoms with Gasteiger partial charge in [-0.15, -0.1) is 0 Å². The number of ether oxygens (including phenoxy) is 1. The van der Waals surface area contributed by atoms with Gasteiger partial charge in [0.05, 0.1) is 6.61 Å². The van der Waals surface area contributed by atoms with Gasteiger partial charge in [-0.2, -0.15) is 0 Å². The van der Waals surface area contributed by atoms with Gasteiger partial charge in [-0.3, -0.25) is 0 Å². The van der Waals surface area contributed by atoms with Crippen LogP contribution in [0.25, 0.3) is 0 Å². The summed E-state index contributed by atoms with van der Waals surface area (Å²) in [6.07, 6.45) is 2.31. The van der Waals surface area contributed by atoms with Gasteiger partial charge in [0.25, 0.3) is 0 Å². The molecule has 0 atom stereocenters. The molecule has 0 radical (unpaired) electrons. The van der Waals surface area contributed by atoms with Gasteiger partial charge in [-0.1, -0.05) is 0 Å². The number of hydrogen-bond acceptors (Lipinski definition) is 3. The van der Waals surface area contributed by atoms with Gasteiger partial charge in [0.15, 0.2) is 0 Å². The maximum Gasteiger partial charge on any atom is 0.122 e. The lowest BCUT2D eigenvalue weighted by Crippen LogP contribution is -2.39. The molecule has 1 aliphatic rings. The minimum absolute atomic E-state index is 0.434. The van der Waals surface area contributed by atoms with Crippen LogP contribution in [0.3, 0.4) is 0 Å². The molecule has 1 fully saturated rings. The summed E-state index contributed by atoms with van der Waals surface area (Å²) in [6, 6.07) is 6.69. The molecular weight excluding hydrogens is 212 g/mol. The summed E-state index contributed by atoms with van der Waals surface area (Å²) < 4.78 is 5.52. The molecule has 1 saturated carbocycles. The van der Waals surface area contributed by atoms with E-state index >= 15 is 0 Å². The number of nitrogens with one attached hydrogen (secondary N) is 1. The minimum Gasteiger partial charge on any atom is -0.494 e. The second kappa shape index (κ2) is 5.41. The molecule has 94 valence electrons. The van der Waals surface area contributed by atoms with Crippen molar-refractivity contribution in [1.82, 2.24) is 0 Å². The Morgan fingerprint density at radius 2 is 2.18 bits per heavy atom. The van der Waals surface area contributed by atoms with Gasteiger partial charge in [0, 0.05) is 18.3 Å². The molecule has 0 unspecified atom stereocenters. The topological polar surface area (TPSA) is 47.3 Å². The van der Waals surface area contributed by atoms with E-state index in [2.05, 4.69) is 24.4 Å². The van der Waals surface area contributed by atoms with E-state index in [9.17, 15) is 0 Å². The van der Waals surface area contributed by atoms with Crippen molar-refractivity contribution in [2.24, 2.45) is 11.7 Å². The van der Waals surface area contributed by atoms with Crippen molar-refractivity contribution in [2.45, 2.75) is 32.7 Å². The molecule has 0 aliphatic heterocycles. The molecule has 0 amide bonds. The lowest BCUT2D eigenvalue weighted by atomic mass is 9.81. The van der Waals surface area contributed by atoms with Crippen molar-refractivity contribution >= 4 is 5.69 Å². The fraction of sp³-hybridized carbons (Fsp3) is 0.571. The number of hydrogen-bond donors (Lipinski definition) is 2. The first-order valence-corrected chi connectivity index (χ1v) is 6.42. The Labute approximate surface area is 103 Å². The maximum absolute atomic E-state index is 5.77. The summed E-state index contributed by atoms with van der Waals surface area (Å²) in [5, 5.41) is 3.47. The quantitative estimate of drug-likeness (QED) is 0.823. The van der Waals surface area contributed by atoms with Crippen molar-refractivity contribution in [1.29, 1.82) is 0 Å². The molecule has 3 nitrogen and oxygen atoms in total. The van der Waals surface area contributed by atoms with E-state index in [1.165, 1.54) is 11.3 Å². The van der Waals surface area contributed by atoms with Crippen LogP contribution in [-0.2, 0) is 0 Å². The molecule has 0 aromatic heterocycles. The van der Waals surface area contributed by atoms with Crippen LogP contribution < -0.4 is 15.8 Å². The molecule has 1 aromatic rings. The van der Waals surface area contributed by atoms with Crippen molar-refractivity contribution in [3.63, 3.8) is 0 Å².